The number of hydrogen-bond donors (Lipinski definition) is 0. The highest BCUT2D eigenvalue weighted by Gasteiger charge is 2.36. The molecule has 0 aliphatic carbocycles. The van der Waals surface area contributed by atoms with Gasteiger partial charge in [-0.05, 0) is 18.2 Å². The predicted molar refractivity (Wildman–Crippen MR) is 96.4 cm³/mol. The average Bonchev–Trinajstić information content (AvgIpc) is 3.25. The van der Waals surface area contributed by atoms with Crippen LogP contribution < -0.4 is 9.64 Å². The summed E-state index contributed by atoms with van der Waals surface area (Å²) in [5.41, 5.74) is 1.71. The molecule has 26 heavy (non-hydrogen) atoms. The number of hydrogen-bond acceptors (Lipinski definition) is 4. The first-order valence-electron chi connectivity index (χ1n) is 8.63. The first-order chi connectivity index (χ1) is 12.6. The van der Waals surface area contributed by atoms with Crippen molar-refractivity contribution in [3.05, 3.63) is 60.2 Å². The molecule has 1 fully saturated rings. The lowest BCUT2D eigenvalue weighted by Gasteiger charge is -2.23. The minimum atomic E-state index is -0.378. The second kappa shape index (κ2) is 6.71. The molecule has 0 radical (unpaired) electrons. The van der Waals surface area contributed by atoms with Gasteiger partial charge in [-0.15, -0.1) is 0 Å². The number of nitrogens with zero attached hydrogens (tertiary/aromatic N) is 2. The number of benzene rings is 2. The summed E-state index contributed by atoms with van der Waals surface area (Å²) in [7, 11) is 1.74. The lowest BCUT2D eigenvalue weighted by atomic mass is 10.00. The molecule has 0 saturated carbocycles. The summed E-state index contributed by atoms with van der Waals surface area (Å²) in [6, 6.07) is 17.0. The molecule has 0 bridgehead atoms. The van der Waals surface area contributed by atoms with Crippen molar-refractivity contribution in [3.8, 4) is 5.75 Å². The van der Waals surface area contributed by atoms with E-state index in [4.69, 9.17) is 9.47 Å². The highest BCUT2D eigenvalue weighted by atomic mass is 16.6. The van der Waals surface area contributed by atoms with E-state index in [9.17, 15) is 9.59 Å². The minimum Gasteiger partial charge on any atom is -0.492 e. The Hall–Kier alpha value is -3.02. The zero-order valence-corrected chi connectivity index (χ0v) is 14.5. The molecule has 6 nitrogen and oxygen atoms in total. The van der Waals surface area contributed by atoms with Gasteiger partial charge >= 0.3 is 6.09 Å². The molecular weight excluding hydrogens is 332 g/mol. The van der Waals surface area contributed by atoms with Gasteiger partial charge in [0.1, 0.15) is 24.4 Å². The topological polar surface area (TPSA) is 59.1 Å². The summed E-state index contributed by atoms with van der Waals surface area (Å²) < 4.78 is 11.0. The molecule has 0 aromatic heterocycles. The number of amides is 2. The van der Waals surface area contributed by atoms with E-state index in [0.29, 0.717) is 19.7 Å². The molecule has 4 rings (SSSR count). The van der Waals surface area contributed by atoms with Crippen LogP contribution >= 0.6 is 0 Å². The molecular formula is C20H20N2O4. The fourth-order valence-electron chi connectivity index (χ4n) is 3.46. The van der Waals surface area contributed by atoms with Gasteiger partial charge in [0, 0.05) is 18.3 Å². The van der Waals surface area contributed by atoms with Crippen LogP contribution in [0.2, 0.25) is 0 Å². The fourth-order valence-corrected chi connectivity index (χ4v) is 3.46. The molecule has 0 N–H and O–H groups in total. The van der Waals surface area contributed by atoms with Gasteiger partial charge in [0.15, 0.2) is 0 Å². The quantitative estimate of drug-likeness (QED) is 0.849. The SMILES string of the molecule is CN(CC1CN(c2ccccc2)C(=O)O1)C(=O)C1COc2ccccc21. The fraction of sp³-hybridized carbons (Fsp3) is 0.300. The lowest BCUT2D eigenvalue weighted by Crippen LogP contribution is -2.39. The summed E-state index contributed by atoms with van der Waals surface area (Å²) in [6.07, 6.45) is -0.731. The first kappa shape index (κ1) is 16.4. The monoisotopic (exact) mass is 352 g/mol. The van der Waals surface area contributed by atoms with Crippen LogP contribution in [-0.2, 0) is 9.53 Å². The Morgan fingerprint density at radius 1 is 1.15 bits per heavy atom. The largest absolute Gasteiger partial charge is 0.492 e. The molecule has 0 spiro atoms. The summed E-state index contributed by atoms with van der Waals surface area (Å²) in [6.45, 7) is 1.13. The van der Waals surface area contributed by atoms with Crippen molar-refractivity contribution >= 4 is 17.7 Å². The molecule has 134 valence electrons. The van der Waals surface area contributed by atoms with Crippen LogP contribution in [0, 0.1) is 0 Å². The first-order valence-corrected chi connectivity index (χ1v) is 8.63. The van der Waals surface area contributed by atoms with Crippen molar-refractivity contribution in [2.75, 3.05) is 31.6 Å². The van der Waals surface area contributed by atoms with Crippen LogP contribution in [0.4, 0.5) is 10.5 Å². The lowest BCUT2D eigenvalue weighted by molar-refractivity contribution is -0.132. The van der Waals surface area contributed by atoms with Gasteiger partial charge in [-0.3, -0.25) is 9.69 Å². The van der Waals surface area contributed by atoms with Crippen molar-refractivity contribution in [1.29, 1.82) is 0 Å². The molecule has 2 aliphatic rings. The number of carbonyl (C=O) groups is 2. The van der Waals surface area contributed by atoms with Gasteiger partial charge in [-0.1, -0.05) is 36.4 Å². The van der Waals surface area contributed by atoms with E-state index in [2.05, 4.69) is 0 Å². The van der Waals surface area contributed by atoms with Crippen LogP contribution in [0.1, 0.15) is 11.5 Å². The smallest absolute Gasteiger partial charge is 0.414 e. The molecule has 2 aliphatic heterocycles. The number of cyclic esters (lactones) is 1. The maximum Gasteiger partial charge on any atom is 0.414 e. The van der Waals surface area contributed by atoms with Crippen LogP contribution in [0.3, 0.4) is 0 Å². The number of para-hydroxylation sites is 2. The van der Waals surface area contributed by atoms with Gasteiger partial charge in [-0.25, -0.2) is 4.79 Å². The Balaban J connectivity index is 1.40. The zero-order valence-electron chi connectivity index (χ0n) is 14.5. The molecule has 1 saturated heterocycles. The van der Waals surface area contributed by atoms with Crippen molar-refractivity contribution in [1.82, 2.24) is 4.90 Å². The van der Waals surface area contributed by atoms with Crippen molar-refractivity contribution in [2.24, 2.45) is 0 Å². The molecule has 2 atom stereocenters. The summed E-state index contributed by atoms with van der Waals surface area (Å²) in [5, 5.41) is 0. The van der Waals surface area contributed by atoms with Gasteiger partial charge in [0.05, 0.1) is 13.1 Å². The number of rotatable bonds is 4. The molecule has 2 amide bonds. The van der Waals surface area contributed by atoms with Gasteiger partial charge in [0.2, 0.25) is 5.91 Å². The van der Waals surface area contributed by atoms with E-state index in [0.717, 1.165) is 17.0 Å². The Labute approximate surface area is 151 Å². The third kappa shape index (κ3) is 2.98. The third-order valence-electron chi connectivity index (χ3n) is 4.79. The molecule has 6 heteroatoms. The van der Waals surface area contributed by atoms with Crippen molar-refractivity contribution in [2.45, 2.75) is 12.0 Å². The number of carbonyl (C=O) groups excluding carboxylic acids is 2. The Kier molecular flexibility index (Phi) is 4.24. The summed E-state index contributed by atoms with van der Waals surface area (Å²) in [4.78, 5) is 28.2. The van der Waals surface area contributed by atoms with Gasteiger partial charge in [0.25, 0.3) is 0 Å². The van der Waals surface area contributed by atoms with E-state index < -0.39 is 0 Å². The Bertz CT molecular complexity index is 824. The normalized spacial score (nSPS) is 21.1. The van der Waals surface area contributed by atoms with Crippen LogP contribution in [0.5, 0.6) is 5.75 Å². The highest BCUT2D eigenvalue weighted by molar-refractivity contribution is 5.90. The highest BCUT2D eigenvalue weighted by Crippen LogP contribution is 2.34. The summed E-state index contributed by atoms with van der Waals surface area (Å²) >= 11 is 0. The number of anilines is 1. The molecule has 2 heterocycles. The molecule has 2 aromatic rings. The van der Waals surface area contributed by atoms with E-state index in [1.165, 1.54) is 0 Å². The van der Waals surface area contributed by atoms with E-state index in [-0.39, 0.29) is 24.0 Å². The molecule has 2 aromatic carbocycles. The second-order valence-corrected chi connectivity index (χ2v) is 6.57. The second-order valence-electron chi connectivity index (χ2n) is 6.57. The van der Waals surface area contributed by atoms with Crippen molar-refractivity contribution < 1.29 is 19.1 Å². The summed E-state index contributed by atoms with van der Waals surface area (Å²) in [5.74, 6) is 0.435. The number of likely N-dealkylation sites (N-methyl/N-ethyl adjacent to an activating group) is 1. The van der Waals surface area contributed by atoms with Crippen molar-refractivity contribution in [3.63, 3.8) is 0 Å². The Morgan fingerprint density at radius 2 is 1.88 bits per heavy atom. The zero-order chi connectivity index (χ0) is 18.1. The van der Waals surface area contributed by atoms with E-state index >= 15 is 0 Å². The number of fused-ring (bicyclic) bond motifs is 1. The third-order valence-corrected chi connectivity index (χ3v) is 4.79. The molecule has 2 unspecified atom stereocenters. The number of ether oxygens (including phenoxy) is 2. The predicted octanol–water partition coefficient (Wildman–Crippen LogP) is 2.65. The standard InChI is InChI=1S/C20H20N2O4/c1-21(19(23)17-13-25-18-10-6-5-9-16(17)18)11-15-12-22(20(24)26-15)14-7-3-2-4-8-14/h2-10,15,17H,11-13H2,1H3. The van der Waals surface area contributed by atoms with E-state index in [1.54, 1.807) is 16.8 Å². The maximum absolute atomic E-state index is 12.8. The van der Waals surface area contributed by atoms with Crippen LogP contribution in [-0.4, -0.2) is 49.7 Å². The van der Waals surface area contributed by atoms with Crippen LogP contribution in [0.25, 0.3) is 0 Å². The minimum absolute atomic E-state index is 0.0239. The van der Waals surface area contributed by atoms with E-state index in [1.807, 2.05) is 54.6 Å². The average molecular weight is 352 g/mol. The maximum atomic E-state index is 12.8. The van der Waals surface area contributed by atoms with Gasteiger partial charge < -0.3 is 14.4 Å². The Morgan fingerprint density at radius 3 is 2.69 bits per heavy atom. The van der Waals surface area contributed by atoms with Crippen LogP contribution in [0.15, 0.2) is 54.6 Å². The van der Waals surface area contributed by atoms with Gasteiger partial charge in [-0.2, -0.15) is 0 Å².